The maximum atomic E-state index is 4.47. The van der Waals surface area contributed by atoms with Crippen LogP contribution in [-0.2, 0) is 0 Å². The van der Waals surface area contributed by atoms with Gasteiger partial charge in [-0.15, -0.1) is 0 Å². The molecule has 18 heavy (non-hydrogen) atoms. The van der Waals surface area contributed by atoms with Crippen LogP contribution in [0.25, 0.3) is 0 Å². The molecule has 0 radical (unpaired) electrons. The van der Waals surface area contributed by atoms with Crippen molar-refractivity contribution in [2.24, 2.45) is 0 Å². The fraction of sp³-hybridized carbons (Fsp3) is 0.357. The number of aromatic nitrogens is 3. The largest absolute Gasteiger partial charge is 0.356 e. The lowest BCUT2D eigenvalue weighted by molar-refractivity contribution is 0.498. The number of piperidine rings is 1. The van der Waals surface area contributed by atoms with Gasteiger partial charge in [0.15, 0.2) is 0 Å². The predicted octanol–water partition coefficient (Wildman–Crippen LogP) is 2.26. The monoisotopic (exact) mass is 240 g/mol. The highest BCUT2D eigenvalue weighted by Gasteiger charge is 2.22. The molecule has 0 bridgehead atoms. The molecule has 1 aliphatic rings. The molecule has 4 heteroatoms. The van der Waals surface area contributed by atoms with E-state index in [1.54, 1.807) is 12.5 Å². The van der Waals surface area contributed by atoms with Gasteiger partial charge in [0, 0.05) is 37.1 Å². The Labute approximate surface area is 107 Å². The van der Waals surface area contributed by atoms with Gasteiger partial charge in [0.1, 0.15) is 12.1 Å². The van der Waals surface area contributed by atoms with Crippen LogP contribution in [0.4, 0.5) is 5.82 Å². The molecule has 92 valence electrons. The molecule has 1 atom stereocenters. The van der Waals surface area contributed by atoms with E-state index < -0.39 is 0 Å². The quantitative estimate of drug-likeness (QED) is 0.807. The smallest absolute Gasteiger partial charge is 0.131 e. The molecule has 0 spiro atoms. The second kappa shape index (κ2) is 5.12. The Morgan fingerprint density at radius 2 is 2.11 bits per heavy atom. The van der Waals surface area contributed by atoms with Crippen LogP contribution in [-0.4, -0.2) is 28.0 Å². The summed E-state index contributed by atoms with van der Waals surface area (Å²) in [5, 5.41) is 0. The Kier molecular flexibility index (Phi) is 3.17. The van der Waals surface area contributed by atoms with Crippen molar-refractivity contribution in [1.29, 1.82) is 0 Å². The maximum Gasteiger partial charge on any atom is 0.131 e. The lowest BCUT2D eigenvalue weighted by atomic mass is 9.94. The summed E-state index contributed by atoms with van der Waals surface area (Å²) in [7, 11) is 0. The minimum absolute atomic E-state index is 0.509. The highest BCUT2D eigenvalue weighted by molar-refractivity contribution is 5.38. The second-order valence-electron chi connectivity index (χ2n) is 4.61. The second-order valence-corrected chi connectivity index (χ2v) is 4.61. The van der Waals surface area contributed by atoms with Crippen molar-refractivity contribution in [3.63, 3.8) is 0 Å². The van der Waals surface area contributed by atoms with Crippen molar-refractivity contribution in [3.8, 4) is 0 Å². The first-order chi connectivity index (χ1) is 8.93. The summed E-state index contributed by atoms with van der Waals surface area (Å²) in [5.74, 6) is 1.53. The summed E-state index contributed by atoms with van der Waals surface area (Å²) in [6, 6.07) is 8.12. The van der Waals surface area contributed by atoms with E-state index in [1.807, 2.05) is 18.3 Å². The summed E-state index contributed by atoms with van der Waals surface area (Å²) in [4.78, 5) is 15.1. The number of pyridine rings is 1. The summed E-state index contributed by atoms with van der Waals surface area (Å²) in [5.41, 5.74) is 1.19. The third-order valence-electron chi connectivity index (χ3n) is 3.42. The van der Waals surface area contributed by atoms with Crippen LogP contribution in [0.3, 0.4) is 0 Å². The molecule has 2 aromatic heterocycles. The summed E-state index contributed by atoms with van der Waals surface area (Å²) in [6.45, 7) is 2.06. The van der Waals surface area contributed by atoms with Gasteiger partial charge in [0.05, 0.1) is 0 Å². The predicted molar refractivity (Wildman–Crippen MR) is 70.5 cm³/mol. The van der Waals surface area contributed by atoms with Gasteiger partial charge in [-0.2, -0.15) is 0 Å². The van der Waals surface area contributed by atoms with Gasteiger partial charge in [-0.25, -0.2) is 9.97 Å². The van der Waals surface area contributed by atoms with Crippen LogP contribution < -0.4 is 4.90 Å². The Morgan fingerprint density at radius 1 is 1.11 bits per heavy atom. The normalized spacial score (nSPS) is 19.8. The third-order valence-corrected chi connectivity index (χ3v) is 3.42. The average Bonchev–Trinajstić information content (AvgIpc) is 2.49. The van der Waals surface area contributed by atoms with Crippen molar-refractivity contribution in [3.05, 3.63) is 48.7 Å². The molecule has 2 aromatic rings. The van der Waals surface area contributed by atoms with Crippen LogP contribution in [0.1, 0.15) is 24.5 Å². The molecule has 0 aromatic carbocycles. The van der Waals surface area contributed by atoms with Crippen LogP contribution in [0.2, 0.25) is 0 Å². The topological polar surface area (TPSA) is 41.9 Å². The van der Waals surface area contributed by atoms with E-state index in [2.05, 4.69) is 32.0 Å². The zero-order valence-electron chi connectivity index (χ0n) is 10.2. The molecule has 0 amide bonds. The first-order valence-electron chi connectivity index (χ1n) is 6.35. The van der Waals surface area contributed by atoms with Crippen LogP contribution in [0.5, 0.6) is 0 Å². The maximum absolute atomic E-state index is 4.47. The average molecular weight is 240 g/mol. The molecular weight excluding hydrogens is 224 g/mol. The zero-order chi connectivity index (χ0) is 12.2. The number of nitrogens with zero attached hydrogens (tertiary/aromatic N) is 4. The molecule has 1 saturated heterocycles. The number of anilines is 1. The first-order valence-corrected chi connectivity index (χ1v) is 6.35. The lowest BCUT2D eigenvalue weighted by Gasteiger charge is -2.33. The molecular formula is C14H16N4. The minimum atomic E-state index is 0.509. The van der Waals surface area contributed by atoms with Crippen LogP contribution in [0.15, 0.2) is 43.0 Å². The number of hydrogen-bond acceptors (Lipinski definition) is 4. The van der Waals surface area contributed by atoms with Crippen molar-refractivity contribution >= 4 is 5.82 Å². The number of rotatable bonds is 2. The molecule has 3 heterocycles. The van der Waals surface area contributed by atoms with Gasteiger partial charge >= 0.3 is 0 Å². The molecule has 4 nitrogen and oxygen atoms in total. The van der Waals surface area contributed by atoms with Gasteiger partial charge in [0.25, 0.3) is 0 Å². The molecule has 0 aliphatic carbocycles. The highest BCUT2D eigenvalue weighted by Crippen LogP contribution is 2.27. The fourth-order valence-corrected chi connectivity index (χ4v) is 2.51. The van der Waals surface area contributed by atoms with E-state index in [4.69, 9.17) is 0 Å². The minimum Gasteiger partial charge on any atom is -0.356 e. The fourth-order valence-electron chi connectivity index (χ4n) is 2.51. The van der Waals surface area contributed by atoms with E-state index in [9.17, 15) is 0 Å². The molecule has 0 saturated carbocycles. The van der Waals surface area contributed by atoms with Gasteiger partial charge in [-0.1, -0.05) is 6.07 Å². The van der Waals surface area contributed by atoms with Gasteiger partial charge in [0.2, 0.25) is 0 Å². The molecule has 1 fully saturated rings. The lowest BCUT2D eigenvalue weighted by Crippen LogP contribution is -2.35. The van der Waals surface area contributed by atoms with Crippen LogP contribution in [0, 0.1) is 0 Å². The summed E-state index contributed by atoms with van der Waals surface area (Å²) < 4.78 is 0. The van der Waals surface area contributed by atoms with E-state index in [1.165, 1.54) is 18.5 Å². The van der Waals surface area contributed by atoms with Gasteiger partial charge < -0.3 is 4.90 Å². The third kappa shape index (κ3) is 2.32. The zero-order valence-corrected chi connectivity index (χ0v) is 10.2. The van der Waals surface area contributed by atoms with E-state index in [0.717, 1.165) is 18.9 Å². The van der Waals surface area contributed by atoms with Crippen molar-refractivity contribution < 1.29 is 0 Å². The SMILES string of the molecule is c1ccc([C@@H]2CCCN(c3ccncn3)C2)nc1. The van der Waals surface area contributed by atoms with Crippen LogP contribution >= 0.6 is 0 Å². The van der Waals surface area contributed by atoms with Crippen molar-refractivity contribution in [2.75, 3.05) is 18.0 Å². The molecule has 0 N–H and O–H groups in total. The first kappa shape index (κ1) is 11.1. The number of hydrogen-bond donors (Lipinski definition) is 0. The van der Waals surface area contributed by atoms with E-state index in [-0.39, 0.29) is 0 Å². The Hall–Kier alpha value is -1.97. The van der Waals surface area contributed by atoms with E-state index >= 15 is 0 Å². The molecule has 0 unspecified atom stereocenters. The Balaban J connectivity index is 1.77. The van der Waals surface area contributed by atoms with Gasteiger partial charge in [-0.3, -0.25) is 4.98 Å². The van der Waals surface area contributed by atoms with E-state index in [0.29, 0.717) is 5.92 Å². The summed E-state index contributed by atoms with van der Waals surface area (Å²) in [6.07, 6.45) is 7.68. The standard InChI is InChI=1S/C14H16N4/c1-2-7-16-13(5-1)12-4-3-9-18(10-12)14-6-8-15-11-17-14/h1-2,5-8,11-12H,3-4,9-10H2/t12-/m1/s1. The summed E-state index contributed by atoms with van der Waals surface area (Å²) >= 11 is 0. The Morgan fingerprint density at radius 3 is 2.89 bits per heavy atom. The van der Waals surface area contributed by atoms with Gasteiger partial charge in [-0.05, 0) is 31.0 Å². The van der Waals surface area contributed by atoms with Crippen molar-refractivity contribution in [1.82, 2.24) is 15.0 Å². The Bertz CT molecular complexity index is 440. The molecule has 1 aliphatic heterocycles. The van der Waals surface area contributed by atoms with Crippen molar-refractivity contribution in [2.45, 2.75) is 18.8 Å². The highest BCUT2D eigenvalue weighted by atomic mass is 15.2. The molecule has 3 rings (SSSR count).